The van der Waals surface area contributed by atoms with E-state index in [0.717, 1.165) is 22.4 Å². The monoisotopic (exact) mass is 438 g/mol. The van der Waals surface area contributed by atoms with Crippen LogP contribution in [0.2, 0.25) is 0 Å². The van der Waals surface area contributed by atoms with E-state index in [1.54, 1.807) is 18.3 Å². The molecule has 3 aromatic heterocycles. The number of nitrogen functional groups attached to an aromatic ring is 1. The average Bonchev–Trinajstić information content (AvgIpc) is 2.93. The van der Waals surface area contributed by atoms with E-state index < -0.39 is 0 Å². The Kier molecular flexibility index (Phi) is 7.62. The fourth-order valence-electron chi connectivity index (χ4n) is 2.93. The molecule has 0 unspecified atom stereocenters. The highest BCUT2D eigenvalue weighted by Gasteiger charge is 2.25. The van der Waals surface area contributed by atoms with Crippen LogP contribution >= 0.6 is 24.8 Å². The maximum absolute atomic E-state index is 13.1. The minimum atomic E-state index is -0.246. The summed E-state index contributed by atoms with van der Waals surface area (Å²) in [6, 6.07) is 5.24. The topological polar surface area (TPSA) is 98.7 Å². The first kappa shape index (κ1) is 24.7. The molecule has 3 N–H and O–H groups in total. The van der Waals surface area contributed by atoms with E-state index in [0.29, 0.717) is 17.1 Å². The van der Waals surface area contributed by atoms with Gasteiger partial charge in [-0.15, -0.1) is 24.8 Å². The molecule has 3 heterocycles. The third kappa shape index (κ3) is 4.97. The van der Waals surface area contributed by atoms with E-state index in [1.807, 2.05) is 17.7 Å². The lowest BCUT2D eigenvalue weighted by atomic mass is 10.0. The van der Waals surface area contributed by atoms with Gasteiger partial charge in [0.2, 0.25) is 0 Å². The fourth-order valence-corrected chi connectivity index (χ4v) is 2.93. The number of nitrogens with two attached hydrogens (primary N) is 1. The van der Waals surface area contributed by atoms with Gasteiger partial charge < -0.3 is 11.1 Å². The van der Waals surface area contributed by atoms with Gasteiger partial charge >= 0.3 is 0 Å². The van der Waals surface area contributed by atoms with Crippen molar-refractivity contribution in [3.05, 3.63) is 41.3 Å². The smallest absolute Gasteiger partial charge is 0.256 e. The molecule has 0 spiro atoms. The largest absolute Gasteiger partial charge is 0.384 e. The van der Waals surface area contributed by atoms with Gasteiger partial charge in [-0.1, -0.05) is 13.8 Å². The van der Waals surface area contributed by atoms with Crippen molar-refractivity contribution in [3.63, 3.8) is 0 Å². The second-order valence-corrected chi connectivity index (χ2v) is 8.04. The van der Waals surface area contributed by atoms with Gasteiger partial charge in [-0.2, -0.15) is 5.10 Å². The molecular weight excluding hydrogens is 411 g/mol. The van der Waals surface area contributed by atoms with Gasteiger partial charge in [0, 0.05) is 5.69 Å². The zero-order valence-electron chi connectivity index (χ0n) is 17.5. The molecule has 1 amide bonds. The molecule has 3 rings (SSSR count). The first-order chi connectivity index (χ1) is 12.6. The number of anilines is 2. The predicted octanol–water partition coefficient (Wildman–Crippen LogP) is 4.69. The van der Waals surface area contributed by atoms with Crippen molar-refractivity contribution in [1.82, 2.24) is 19.7 Å². The molecule has 0 fully saturated rings. The van der Waals surface area contributed by atoms with E-state index in [1.165, 1.54) is 0 Å². The van der Waals surface area contributed by atoms with Crippen LogP contribution in [-0.4, -0.2) is 25.7 Å². The number of rotatable bonds is 3. The second-order valence-electron chi connectivity index (χ2n) is 8.04. The third-order valence-corrected chi connectivity index (χ3v) is 4.35. The summed E-state index contributed by atoms with van der Waals surface area (Å²) in [6.45, 7) is 12.2. The number of hydrogen-bond donors (Lipinski definition) is 2. The number of fused-ring (bicyclic) bond motifs is 1. The molecule has 0 radical (unpaired) electrons. The highest BCUT2D eigenvalue weighted by molar-refractivity contribution is 6.12. The number of nitrogens with zero attached hydrogens (tertiary/aromatic N) is 4. The first-order valence-corrected chi connectivity index (χ1v) is 9.01. The zero-order chi connectivity index (χ0) is 19.9. The predicted molar refractivity (Wildman–Crippen MR) is 122 cm³/mol. The highest BCUT2D eigenvalue weighted by Crippen LogP contribution is 2.29. The van der Waals surface area contributed by atoms with Crippen LogP contribution in [0.3, 0.4) is 0 Å². The van der Waals surface area contributed by atoms with Crippen molar-refractivity contribution in [2.75, 3.05) is 11.1 Å². The Labute approximate surface area is 183 Å². The molecular formula is C20H28Cl2N6O. The molecule has 3 aromatic rings. The van der Waals surface area contributed by atoms with E-state index >= 15 is 0 Å². The molecule has 0 aliphatic rings. The lowest BCUT2D eigenvalue weighted by molar-refractivity contribution is 0.102. The van der Waals surface area contributed by atoms with Crippen LogP contribution in [0.1, 0.15) is 62.3 Å². The minimum Gasteiger partial charge on any atom is -0.384 e. The van der Waals surface area contributed by atoms with Crippen molar-refractivity contribution in [2.24, 2.45) is 0 Å². The van der Waals surface area contributed by atoms with E-state index in [2.05, 4.69) is 50.0 Å². The second kappa shape index (κ2) is 8.97. The number of hydrogen-bond acceptors (Lipinski definition) is 5. The Morgan fingerprint density at radius 3 is 2.38 bits per heavy atom. The van der Waals surface area contributed by atoms with Crippen LogP contribution in [0.5, 0.6) is 0 Å². The SMILES string of the molecule is Cc1nn(C(C)(C)C)c2nc(C(C)C)cc(C(=O)Nc3ccc(N)nc3)c12.Cl.Cl. The Morgan fingerprint density at radius 1 is 1.21 bits per heavy atom. The van der Waals surface area contributed by atoms with Crippen molar-refractivity contribution in [2.45, 2.75) is 53.0 Å². The van der Waals surface area contributed by atoms with Gasteiger partial charge in [-0.05, 0) is 51.8 Å². The quantitative estimate of drug-likeness (QED) is 0.617. The number of aromatic nitrogens is 4. The van der Waals surface area contributed by atoms with Crippen LogP contribution < -0.4 is 11.1 Å². The Morgan fingerprint density at radius 2 is 1.86 bits per heavy atom. The average molecular weight is 439 g/mol. The number of carbonyl (C=O) groups is 1. The summed E-state index contributed by atoms with van der Waals surface area (Å²) in [5, 5.41) is 8.34. The molecule has 0 saturated heterocycles. The third-order valence-electron chi connectivity index (χ3n) is 4.35. The molecule has 0 bridgehead atoms. The van der Waals surface area contributed by atoms with Gasteiger partial charge in [-0.25, -0.2) is 14.6 Å². The Bertz CT molecular complexity index is 1010. The molecule has 0 aliphatic carbocycles. The lowest BCUT2D eigenvalue weighted by Crippen LogP contribution is -2.24. The van der Waals surface area contributed by atoms with E-state index in [4.69, 9.17) is 10.7 Å². The van der Waals surface area contributed by atoms with Crippen LogP contribution in [0.25, 0.3) is 11.0 Å². The molecule has 0 atom stereocenters. The summed E-state index contributed by atoms with van der Waals surface area (Å²) >= 11 is 0. The molecule has 0 saturated carbocycles. The van der Waals surface area contributed by atoms with Crippen LogP contribution in [0, 0.1) is 6.92 Å². The number of amides is 1. The highest BCUT2D eigenvalue weighted by atomic mass is 35.5. The van der Waals surface area contributed by atoms with Gasteiger partial charge in [-0.3, -0.25) is 4.79 Å². The van der Waals surface area contributed by atoms with Gasteiger partial charge in [0.05, 0.1) is 34.1 Å². The molecule has 29 heavy (non-hydrogen) atoms. The summed E-state index contributed by atoms with van der Waals surface area (Å²) in [6.07, 6.45) is 1.54. The van der Waals surface area contributed by atoms with Crippen molar-refractivity contribution < 1.29 is 4.79 Å². The van der Waals surface area contributed by atoms with Crippen molar-refractivity contribution in [3.8, 4) is 0 Å². The normalized spacial score (nSPS) is 11.1. The number of carbonyl (C=O) groups excluding carboxylic acids is 1. The summed E-state index contributed by atoms with van der Waals surface area (Å²) in [5.41, 5.74) is 8.89. The van der Waals surface area contributed by atoms with Crippen LogP contribution in [-0.2, 0) is 5.54 Å². The zero-order valence-corrected chi connectivity index (χ0v) is 19.1. The van der Waals surface area contributed by atoms with E-state index in [9.17, 15) is 4.79 Å². The summed E-state index contributed by atoms with van der Waals surface area (Å²) in [5.74, 6) is 0.374. The summed E-state index contributed by atoms with van der Waals surface area (Å²) < 4.78 is 1.89. The van der Waals surface area contributed by atoms with E-state index in [-0.39, 0.29) is 42.2 Å². The number of pyridine rings is 2. The Balaban J connectivity index is 0.00000210. The number of halogens is 2. The number of aryl methyl sites for hydroxylation is 1. The molecule has 158 valence electrons. The maximum atomic E-state index is 13.1. The molecule has 0 aliphatic heterocycles. The minimum absolute atomic E-state index is 0. The number of nitrogens with one attached hydrogen (secondary N) is 1. The standard InChI is InChI=1S/C20H26N6O.2ClH/c1-11(2)15-9-14(19(27)23-13-7-8-16(21)22-10-13)17-12(3)25-26(18(17)24-15)20(4,5)6;;/h7-11H,1-6H3,(H2,21,22)(H,23,27);2*1H. The fraction of sp³-hybridized carbons (Fsp3) is 0.400. The van der Waals surface area contributed by atoms with Gasteiger partial charge in [0.1, 0.15) is 5.82 Å². The van der Waals surface area contributed by atoms with Gasteiger partial charge in [0.25, 0.3) is 5.91 Å². The first-order valence-electron chi connectivity index (χ1n) is 9.01. The van der Waals surface area contributed by atoms with Crippen molar-refractivity contribution in [1.29, 1.82) is 0 Å². The molecule has 0 aromatic carbocycles. The van der Waals surface area contributed by atoms with Gasteiger partial charge in [0.15, 0.2) is 5.65 Å². The lowest BCUT2D eigenvalue weighted by Gasteiger charge is -2.20. The molecule has 9 heteroatoms. The summed E-state index contributed by atoms with van der Waals surface area (Å²) in [4.78, 5) is 21.9. The van der Waals surface area contributed by atoms with Crippen LogP contribution in [0.4, 0.5) is 11.5 Å². The van der Waals surface area contributed by atoms with Crippen molar-refractivity contribution >= 4 is 53.3 Å². The maximum Gasteiger partial charge on any atom is 0.256 e. The van der Waals surface area contributed by atoms with Crippen LogP contribution in [0.15, 0.2) is 24.4 Å². The summed E-state index contributed by atoms with van der Waals surface area (Å²) in [7, 11) is 0. The molecule has 7 nitrogen and oxygen atoms in total. The Hall–Kier alpha value is -2.38.